The molecule has 0 aromatic rings. The van der Waals surface area contributed by atoms with Crippen LogP contribution in [-0.2, 0) is 14.4 Å². The van der Waals surface area contributed by atoms with E-state index >= 15 is 0 Å². The lowest BCUT2D eigenvalue weighted by molar-refractivity contribution is 0.0999. The normalized spacial score (nSPS) is 13.7. The molecule has 0 fully saturated rings. The molecule has 0 aromatic carbocycles. The summed E-state index contributed by atoms with van der Waals surface area (Å²) in [5.74, 6) is -0.117. The van der Waals surface area contributed by atoms with Gasteiger partial charge in [-0.05, 0) is 12.8 Å². The summed E-state index contributed by atoms with van der Waals surface area (Å²) in [4.78, 5) is 32.1. The lowest BCUT2D eigenvalue weighted by Crippen LogP contribution is -2.20. The second-order valence-corrected chi connectivity index (χ2v) is 3.62. The first kappa shape index (κ1) is 13.8. The summed E-state index contributed by atoms with van der Waals surface area (Å²) in [6.07, 6.45) is 7.57. The molecule has 0 aliphatic carbocycles. The largest absolute Gasteiger partial charge is 0.341 e. The van der Waals surface area contributed by atoms with Gasteiger partial charge in [-0.25, -0.2) is 9.59 Å². The predicted octanol–water partition coefficient (Wildman–Crippen LogP) is 1.69. The van der Waals surface area contributed by atoms with E-state index in [-0.39, 0.29) is 11.6 Å². The number of unbranched alkanes of at least 4 members (excludes halogenated alkanes) is 3. The van der Waals surface area contributed by atoms with E-state index in [1.807, 2.05) is 0 Å². The topological polar surface area (TPSA) is 92.5 Å². The van der Waals surface area contributed by atoms with Crippen molar-refractivity contribution in [3.8, 4) is 0 Å². The molecule has 0 aromatic heterocycles. The molecule has 0 unspecified atom stereocenters. The van der Waals surface area contributed by atoms with Gasteiger partial charge in [0.1, 0.15) is 0 Å². The Morgan fingerprint density at radius 1 is 1.22 bits per heavy atom. The number of rotatable bonds is 7. The zero-order chi connectivity index (χ0) is 13.2. The van der Waals surface area contributed by atoms with Gasteiger partial charge in [0.25, 0.3) is 5.88 Å². The first-order valence-corrected chi connectivity index (χ1v) is 5.72. The smallest absolute Gasteiger partial charge is 0.287 e. The van der Waals surface area contributed by atoms with Crippen LogP contribution < -0.4 is 5.59 Å². The Labute approximate surface area is 104 Å². The van der Waals surface area contributed by atoms with Crippen LogP contribution >= 0.6 is 0 Å². The number of aliphatic imine (C=N–C) groups is 2. The Hall–Kier alpha value is -2.23. The summed E-state index contributed by atoms with van der Waals surface area (Å²) in [7, 11) is 0. The predicted molar refractivity (Wildman–Crippen MR) is 63.7 cm³/mol. The van der Waals surface area contributed by atoms with Crippen LogP contribution in [0.25, 0.3) is 0 Å². The Morgan fingerprint density at radius 3 is 2.67 bits per heavy atom. The van der Waals surface area contributed by atoms with Crippen LogP contribution in [0.4, 0.5) is 0 Å². The van der Waals surface area contributed by atoms with Gasteiger partial charge in [0.2, 0.25) is 12.2 Å². The van der Waals surface area contributed by atoms with Gasteiger partial charge in [-0.1, -0.05) is 26.2 Å². The van der Waals surface area contributed by atoms with Gasteiger partial charge in [0.05, 0.1) is 5.71 Å². The molecular formula is C11H14N4O3. The van der Waals surface area contributed by atoms with Crippen LogP contribution in [0.15, 0.2) is 26.7 Å². The molecule has 0 spiro atoms. The summed E-state index contributed by atoms with van der Waals surface area (Å²) in [6.45, 7) is 2.12. The Kier molecular flexibility index (Phi) is 6.11. The van der Waals surface area contributed by atoms with Gasteiger partial charge in [-0.2, -0.15) is 4.99 Å². The number of nitrogens with one attached hydrogen (secondary N) is 1. The van der Waals surface area contributed by atoms with Gasteiger partial charge >= 0.3 is 0 Å². The molecule has 7 heteroatoms. The second kappa shape index (κ2) is 7.95. The van der Waals surface area contributed by atoms with Crippen molar-refractivity contribution in [1.29, 1.82) is 0 Å². The van der Waals surface area contributed by atoms with Crippen molar-refractivity contribution in [2.45, 2.75) is 39.0 Å². The number of hydrogen-bond acceptors (Lipinski definition) is 7. The van der Waals surface area contributed by atoms with Crippen molar-refractivity contribution in [3.05, 3.63) is 11.6 Å². The van der Waals surface area contributed by atoms with E-state index in [9.17, 15) is 9.59 Å². The SMILES string of the molecule is CCCCCCC1=NNOC(N=C=O)=C1N=C=O. The van der Waals surface area contributed by atoms with E-state index in [0.29, 0.717) is 12.1 Å². The van der Waals surface area contributed by atoms with Crippen molar-refractivity contribution >= 4 is 17.9 Å². The quantitative estimate of drug-likeness (QED) is 0.422. The molecule has 1 heterocycles. The van der Waals surface area contributed by atoms with Crippen LogP contribution in [0.5, 0.6) is 0 Å². The van der Waals surface area contributed by atoms with Gasteiger partial charge < -0.3 is 4.84 Å². The van der Waals surface area contributed by atoms with Gasteiger partial charge in [0.15, 0.2) is 5.70 Å². The van der Waals surface area contributed by atoms with Crippen LogP contribution in [-0.4, -0.2) is 17.9 Å². The Bertz CT molecular complexity index is 443. The number of allylic oxidation sites excluding steroid dienone is 1. The molecule has 0 atom stereocenters. The third-order valence-electron chi connectivity index (χ3n) is 2.37. The standard InChI is InChI=1S/C11H14N4O3/c1-2-3-4-5-6-9-10(12-7-16)11(13-8-17)18-15-14-9/h15H,2-6H2,1H3. The highest BCUT2D eigenvalue weighted by molar-refractivity contribution is 6.01. The minimum Gasteiger partial charge on any atom is -0.341 e. The van der Waals surface area contributed by atoms with Crippen LogP contribution in [0, 0.1) is 0 Å². The zero-order valence-electron chi connectivity index (χ0n) is 10.1. The average Bonchev–Trinajstić information content (AvgIpc) is 2.38. The lowest BCUT2D eigenvalue weighted by Gasteiger charge is -2.14. The number of hydrogen-bond donors (Lipinski definition) is 1. The zero-order valence-corrected chi connectivity index (χ0v) is 10.1. The lowest BCUT2D eigenvalue weighted by atomic mass is 10.1. The fourth-order valence-corrected chi connectivity index (χ4v) is 1.51. The van der Waals surface area contributed by atoms with Gasteiger partial charge in [-0.15, -0.1) is 15.7 Å². The van der Waals surface area contributed by atoms with Crippen molar-refractivity contribution in [1.82, 2.24) is 5.59 Å². The van der Waals surface area contributed by atoms with Crippen molar-refractivity contribution < 1.29 is 14.4 Å². The molecule has 0 radical (unpaired) electrons. The molecular weight excluding hydrogens is 236 g/mol. The van der Waals surface area contributed by atoms with Crippen molar-refractivity contribution in [3.63, 3.8) is 0 Å². The molecule has 1 aliphatic heterocycles. The molecule has 7 nitrogen and oxygen atoms in total. The molecule has 18 heavy (non-hydrogen) atoms. The first-order valence-electron chi connectivity index (χ1n) is 5.72. The van der Waals surface area contributed by atoms with E-state index in [1.54, 1.807) is 0 Å². The molecule has 0 amide bonds. The van der Waals surface area contributed by atoms with Gasteiger partial charge in [-0.3, -0.25) is 0 Å². The molecule has 0 saturated carbocycles. The molecule has 0 bridgehead atoms. The summed E-state index contributed by atoms with van der Waals surface area (Å²) in [5.41, 5.74) is 2.92. The minimum atomic E-state index is -0.117. The van der Waals surface area contributed by atoms with Crippen molar-refractivity contribution in [2.24, 2.45) is 15.1 Å². The van der Waals surface area contributed by atoms with Crippen molar-refractivity contribution in [2.75, 3.05) is 0 Å². The fourth-order valence-electron chi connectivity index (χ4n) is 1.51. The Morgan fingerprint density at radius 2 is 2.00 bits per heavy atom. The third-order valence-corrected chi connectivity index (χ3v) is 2.37. The summed E-state index contributed by atoms with van der Waals surface area (Å²) in [6, 6.07) is 0. The summed E-state index contributed by atoms with van der Waals surface area (Å²) in [5, 5.41) is 3.88. The minimum absolute atomic E-state index is 0.117. The van der Waals surface area contributed by atoms with E-state index in [0.717, 1.165) is 25.7 Å². The maximum atomic E-state index is 10.3. The molecule has 0 saturated heterocycles. The second-order valence-electron chi connectivity index (χ2n) is 3.62. The maximum Gasteiger partial charge on any atom is 0.287 e. The van der Waals surface area contributed by atoms with E-state index in [2.05, 4.69) is 27.6 Å². The highest BCUT2D eigenvalue weighted by Crippen LogP contribution is 2.17. The monoisotopic (exact) mass is 250 g/mol. The highest BCUT2D eigenvalue weighted by Gasteiger charge is 2.19. The fraction of sp³-hybridized carbons (Fsp3) is 0.545. The Balaban J connectivity index is 2.78. The summed E-state index contributed by atoms with van der Waals surface area (Å²) < 4.78 is 0. The average molecular weight is 250 g/mol. The third kappa shape index (κ3) is 3.97. The molecule has 1 aliphatic rings. The van der Waals surface area contributed by atoms with Gasteiger partial charge in [0, 0.05) is 0 Å². The summed E-state index contributed by atoms with van der Waals surface area (Å²) >= 11 is 0. The van der Waals surface area contributed by atoms with E-state index in [4.69, 9.17) is 4.84 Å². The maximum absolute atomic E-state index is 10.3. The van der Waals surface area contributed by atoms with Crippen LogP contribution in [0.2, 0.25) is 0 Å². The molecule has 1 N–H and O–H groups in total. The first-order chi connectivity index (χ1) is 8.83. The van der Waals surface area contributed by atoms with Crippen LogP contribution in [0.3, 0.4) is 0 Å². The van der Waals surface area contributed by atoms with E-state index in [1.165, 1.54) is 12.2 Å². The van der Waals surface area contributed by atoms with E-state index < -0.39 is 0 Å². The molecule has 1 rings (SSSR count). The number of carbonyl (C=O) groups excluding carboxylic acids is 2. The number of isocyanates is 2. The van der Waals surface area contributed by atoms with Crippen LogP contribution in [0.1, 0.15) is 39.0 Å². The number of hydrazone groups is 1. The molecule has 96 valence electrons. The highest BCUT2D eigenvalue weighted by atomic mass is 16.7. The number of nitrogens with zero attached hydrogens (tertiary/aromatic N) is 3.